The first-order chi connectivity index (χ1) is 12.1. The number of anilines is 2. The Hall–Kier alpha value is -2.72. The van der Waals surface area contributed by atoms with Gasteiger partial charge in [-0.05, 0) is 55.2 Å². The van der Waals surface area contributed by atoms with Crippen molar-refractivity contribution in [3.8, 4) is 11.1 Å². The average molecular weight is 345 g/mol. The predicted molar refractivity (Wildman–Crippen MR) is 107 cm³/mol. The second-order valence-corrected chi connectivity index (χ2v) is 7.20. The SMILES string of the molecule is Cc1cccc(Nc2ncnc3scc(-c4ccc(C)c(C)c4)c23)c1. The summed E-state index contributed by atoms with van der Waals surface area (Å²) in [5, 5.41) is 6.72. The molecule has 0 amide bonds. The van der Waals surface area contributed by atoms with E-state index >= 15 is 0 Å². The van der Waals surface area contributed by atoms with Crippen LogP contribution in [-0.2, 0) is 0 Å². The van der Waals surface area contributed by atoms with Gasteiger partial charge in [-0.25, -0.2) is 9.97 Å². The van der Waals surface area contributed by atoms with Crippen molar-refractivity contribution in [2.75, 3.05) is 5.32 Å². The Kier molecular flexibility index (Phi) is 3.98. The number of benzene rings is 2. The molecule has 0 bridgehead atoms. The minimum atomic E-state index is 0.852. The molecule has 0 radical (unpaired) electrons. The summed E-state index contributed by atoms with van der Waals surface area (Å²) in [7, 11) is 0. The van der Waals surface area contributed by atoms with Gasteiger partial charge < -0.3 is 5.32 Å². The van der Waals surface area contributed by atoms with E-state index in [-0.39, 0.29) is 0 Å². The Morgan fingerprint density at radius 3 is 2.60 bits per heavy atom. The van der Waals surface area contributed by atoms with Crippen molar-refractivity contribution >= 4 is 33.1 Å². The third-order valence-electron chi connectivity index (χ3n) is 4.47. The fourth-order valence-electron chi connectivity index (χ4n) is 2.95. The van der Waals surface area contributed by atoms with E-state index in [1.54, 1.807) is 17.7 Å². The molecule has 4 aromatic rings. The van der Waals surface area contributed by atoms with Crippen molar-refractivity contribution in [2.45, 2.75) is 20.8 Å². The van der Waals surface area contributed by atoms with Crippen molar-refractivity contribution < 1.29 is 0 Å². The highest BCUT2D eigenvalue weighted by atomic mass is 32.1. The molecule has 0 fully saturated rings. The number of aromatic nitrogens is 2. The Bertz CT molecular complexity index is 1070. The molecule has 0 aliphatic heterocycles. The lowest BCUT2D eigenvalue weighted by Gasteiger charge is -2.10. The Morgan fingerprint density at radius 2 is 1.80 bits per heavy atom. The minimum absolute atomic E-state index is 0.852. The maximum absolute atomic E-state index is 4.51. The summed E-state index contributed by atoms with van der Waals surface area (Å²) in [6.45, 7) is 6.38. The van der Waals surface area contributed by atoms with Gasteiger partial charge in [0.25, 0.3) is 0 Å². The summed E-state index contributed by atoms with van der Waals surface area (Å²) < 4.78 is 0. The molecule has 0 spiro atoms. The van der Waals surface area contributed by atoms with Gasteiger partial charge in [0.15, 0.2) is 0 Å². The second-order valence-electron chi connectivity index (χ2n) is 6.35. The van der Waals surface area contributed by atoms with E-state index in [9.17, 15) is 0 Å². The molecule has 0 aliphatic carbocycles. The molecular formula is C21H19N3S. The summed E-state index contributed by atoms with van der Waals surface area (Å²) in [4.78, 5) is 9.97. The van der Waals surface area contributed by atoms with Gasteiger partial charge in [-0.2, -0.15) is 0 Å². The zero-order valence-electron chi connectivity index (χ0n) is 14.5. The van der Waals surface area contributed by atoms with Crippen LogP contribution in [0.3, 0.4) is 0 Å². The van der Waals surface area contributed by atoms with Crippen molar-refractivity contribution in [2.24, 2.45) is 0 Å². The Balaban J connectivity index is 1.85. The fraction of sp³-hybridized carbons (Fsp3) is 0.143. The van der Waals surface area contributed by atoms with E-state index in [0.29, 0.717) is 0 Å². The van der Waals surface area contributed by atoms with Crippen LogP contribution in [0, 0.1) is 20.8 Å². The second kappa shape index (κ2) is 6.30. The van der Waals surface area contributed by atoms with E-state index in [4.69, 9.17) is 0 Å². The lowest BCUT2D eigenvalue weighted by atomic mass is 10.0. The van der Waals surface area contributed by atoms with E-state index in [2.05, 4.69) is 77.8 Å². The van der Waals surface area contributed by atoms with Gasteiger partial charge in [-0.15, -0.1) is 11.3 Å². The molecule has 4 heteroatoms. The van der Waals surface area contributed by atoms with Crippen LogP contribution in [0.5, 0.6) is 0 Å². The van der Waals surface area contributed by atoms with Crippen LogP contribution < -0.4 is 5.32 Å². The number of hydrogen-bond acceptors (Lipinski definition) is 4. The lowest BCUT2D eigenvalue weighted by molar-refractivity contribution is 1.23. The summed E-state index contributed by atoms with van der Waals surface area (Å²) in [5.74, 6) is 0.852. The number of fused-ring (bicyclic) bond motifs is 1. The molecule has 4 rings (SSSR count). The van der Waals surface area contributed by atoms with Gasteiger partial charge in [-0.1, -0.05) is 30.3 Å². The molecule has 2 aromatic carbocycles. The van der Waals surface area contributed by atoms with Crippen molar-refractivity contribution in [3.63, 3.8) is 0 Å². The maximum Gasteiger partial charge on any atom is 0.143 e. The van der Waals surface area contributed by atoms with Crippen LogP contribution in [0.15, 0.2) is 54.2 Å². The highest BCUT2D eigenvalue weighted by molar-refractivity contribution is 7.17. The zero-order valence-corrected chi connectivity index (χ0v) is 15.3. The van der Waals surface area contributed by atoms with Crippen LogP contribution in [0.25, 0.3) is 21.3 Å². The van der Waals surface area contributed by atoms with Gasteiger partial charge in [0, 0.05) is 16.6 Å². The first-order valence-electron chi connectivity index (χ1n) is 8.25. The molecule has 1 N–H and O–H groups in total. The number of hydrogen-bond donors (Lipinski definition) is 1. The zero-order chi connectivity index (χ0) is 17.4. The predicted octanol–water partition coefficient (Wildman–Crippen LogP) is 6.03. The van der Waals surface area contributed by atoms with E-state index < -0.39 is 0 Å². The highest BCUT2D eigenvalue weighted by Gasteiger charge is 2.14. The molecule has 25 heavy (non-hydrogen) atoms. The molecule has 0 atom stereocenters. The van der Waals surface area contributed by atoms with Crippen LogP contribution >= 0.6 is 11.3 Å². The van der Waals surface area contributed by atoms with Crippen molar-refractivity contribution in [1.29, 1.82) is 0 Å². The first kappa shape index (κ1) is 15.8. The quantitative estimate of drug-likeness (QED) is 0.493. The van der Waals surface area contributed by atoms with Crippen LogP contribution in [0.1, 0.15) is 16.7 Å². The topological polar surface area (TPSA) is 37.8 Å². The summed E-state index contributed by atoms with van der Waals surface area (Å²) in [5.41, 5.74) is 7.24. The van der Waals surface area contributed by atoms with Crippen LogP contribution in [0.2, 0.25) is 0 Å². The lowest BCUT2D eigenvalue weighted by Crippen LogP contribution is -1.96. The highest BCUT2D eigenvalue weighted by Crippen LogP contribution is 2.37. The first-order valence-corrected chi connectivity index (χ1v) is 9.13. The monoisotopic (exact) mass is 345 g/mol. The van der Waals surface area contributed by atoms with Crippen molar-refractivity contribution in [1.82, 2.24) is 9.97 Å². The van der Waals surface area contributed by atoms with E-state index in [1.807, 2.05) is 6.07 Å². The number of rotatable bonds is 3. The third kappa shape index (κ3) is 3.01. The third-order valence-corrected chi connectivity index (χ3v) is 5.36. The standard InChI is InChI=1S/C21H19N3S/c1-13-5-4-6-17(9-13)24-20-19-18(11-25-21(19)23-12-22-20)16-8-7-14(2)15(3)10-16/h4-12H,1-3H3,(H,22,23,24). The average Bonchev–Trinajstić information content (AvgIpc) is 3.03. The largest absolute Gasteiger partial charge is 0.340 e. The molecule has 2 heterocycles. The smallest absolute Gasteiger partial charge is 0.143 e. The molecule has 3 nitrogen and oxygen atoms in total. The molecule has 0 saturated carbocycles. The van der Waals surface area contributed by atoms with Gasteiger partial charge in [-0.3, -0.25) is 0 Å². The molecule has 0 unspecified atom stereocenters. The molecular weight excluding hydrogens is 326 g/mol. The van der Waals surface area contributed by atoms with E-state index in [1.165, 1.54) is 27.8 Å². The van der Waals surface area contributed by atoms with E-state index in [0.717, 1.165) is 21.7 Å². The normalized spacial score (nSPS) is 11.0. The summed E-state index contributed by atoms with van der Waals surface area (Å²) in [6, 6.07) is 14.9. The Labute approximate surface area is 151 Å². The van der Waals surface area contributed by atoms with Gasteiger partial charge in [0.1, 0.15) is 17.0 Å². The van der Waals surface area contributed by atoms with Gasteiger partial charge in [0.05, 0.1) is 5.39 Å². The molecule has 124 valence electrons. The number of nitrogens with zero attached hydrogens (tertiary/aromatic N) is 2. The van der Waals surface area contributed by atoms with Crippen molar-refractivity contribution in [3.05, 3.63) is 70.9 Å². The number of aryl methyl sites for hydroxylation is 3. The molecule has 0 saturated heterocycles. The number of thiophene rings is 1. The molecule has 0 aliphatic rings. The summed E-state index contributed by atoms with van der Waals surface area (Å²) in [6.07, 6.45) is 1.63. The summed E-state index contributed by atoms with van der Waals surface area (Å²) >= 11 is 1.66. The minimum Gasteiger partial charge on any atom is -0.340 e. The number of nitrogens with one attached hydrogen (secondary N) is 1. The fourth-order valence-corrected chi connectivity index (χ4v) is 3.87. The van der Waals surface area contributed by atoms with Crippen LogP contribution in [0.4, 0.5) is 11.5 Å². The molecule has 2 aromatic heterocycles. The van der Waals surface area contributed by atoms with Gasteiger partial charge in [0.2, 0.25) is 0 Å². The van der Waals surface area contributed by atoms with Gasteiger partial charge >= 0.3 is 0 Å². The maximum atomic E-state index is 4.51. The Morgan fingerprint density at radius 1 is 0.920 bits per heavy atom. The van der Waals surface area contributed by atoms with Crippen LogP contribution in [-0.4, -0.2) is 9.97 Å².